The highest BCUT2D eigenvalue weighted by molar-refractivity contribution is 6.32. The summed E-state index contributed by atoms with van der Waals surface area (Å²) in [7, 11) is 1.25. The number of rotatable bonds is 4. The van der Waals surface area contributed by atoms with Gasteiger partial charge in [0.2, 0.25) is 5.91 Å². The lowest BCUT2D eigenvalue weighted by Crippen LogP contribution is -2.07. The van der Waals surface area contributed by atoms with Gasteiger partial charge in [-0.1, -0.05) is 11.6 Å². The van der Waals surface area contributed by atoms with E-state index >= 15 is 0 Å². The van der Waals surface area contributed by atoms with Crippen LogP contribution in [-0.2, 0) is 9.53 Å². The average molecular weight is 256 g/mol. The number of esters is 1. The molecule has 1 amide bonds. The normalized spacial score (nSPS) is 10.2. The second kappa shape index (κ2) is 5.86. The van der Waals surface area contributed by atoms with E-state index in [1.54, 1.807) is 0 Å². The van der Waals surface area contributed by atoms with Crippen LogP contribution >= 0.6 is 11.6 Å². The Morgan fingerprint density at radius 3 is 2.76 bits per heavy atom. The maximum absolute atomic E-state index is 11.2. The van der Waals surface area contributed by atoms with Crippen molar-refractivity contribution in [3.8, 4) is 0 Å². The van der Waals surface area contributed by atoms with E-state index in [1.807, 2.05) is 0 Å². The zero-order chi connectivity index (χ0) is 12.8. The maximum atomic E-state index is 11.2. The van der Waals surface area contributed by atoms with Crippen LogP contribution in [0.1, 0.15) is 10.4 Å². The van der Waals surface area contributed by atoms with Crippen molar-refractivity contribution in [2.75, 3.05) is 12.4 Å². The van der Waals surface area contributed by atoms with Crippen LogP contribution in [0.5, 0.6) is 0 Å². The summed E-state index contributed by atoms with van der Waals surface area (Å²) in [6.07, 6.45) is 2.45. The molecule has 0 radical (unpaired) electrons. The van der Waals surface area contributed by atoms with E-state index in [2.05, 4.69) is 15.0 Å². The van der Waals surface area contributed by atoms with Gasteiger partial charge in [0, 0.05) is 12.3 Å². The molecule has 0 aliphatic carbocycles. The molecule has 1 aromatic heterocycles. The summed E-state index contributed by atoms with van der Waals surface area (Å²) in [6, 6.07) is 2.98. The van der Waals surface area contributed by atoms with Gasteiger partial charge in [-0.05, 0) is 12.1 Å². The molecule has 0 aliphatic heterocycles. The number of halogens is 1. The third-order valence-electron chi connectivity index (χ3n) is 1.73. The largest absolute Gasteiger partial charge is 0.465 e. The number of ether oxygens (including phenoxy) is 1. The fourth-order valence-electron chi connectivity index (χ4n) is 0.986. The summed E-state index contributed by atoms with van der Waals surface area (Å²) in [6.45, 7) is 0. The van der Waals surface area contributed by atoms with Crippen LogP contribution in [0.3, 0.4) is 0 Å². The first kappa shape index (κ1) is 13.0. The lowest BCUT2D eigenvalue weighted by molar-refractivity contribution is -0.113. The molecule has 90 valence electrons. The van der Waals surface area contributed by atoms with Crippen LogP contribution in [-0.4, -0.2) is 24.0 Å². The number of carbonyl (C=O) groups excluding carboxylic acids is 2. The zero-order valence-electron chi connectivity index (χ0n) is 8.94. The topological polar surface area (TPSA) is 94.3 Å². The third kappa shape index (κ3) is 3.76. The Bertz CT molecular complexity index is 474. The van der Waals surface area contributed by atoms with Gasteiger partial charge in [0.1, 0.15) is 11.0 Å². The zero-order valence-corrected chi connectivity index (χ0v) is 9.69. The van der Waals surface area contributed by atoms with Gasteiger partial charge in [0.15, 0.2) is 0 Å². The van der Waals surface area contributed by atoms with Crippen molar-refractivity contribution < 1.29 is 14.3 Å². The Kier molecular flexibility index (Phi) is 4.47. The van der Waals surface area contributed by atoms with E-state index < -0.39 is 11.9 Å². The molecule has 1 rings (SSSR count). The van der Waals surface area contributed by atoms with Gasteiger partial charge >= 0.3 is 5.97 Å². The van der Waals surface area contributed by atoms with E-state index in [9.17, 15) is 9.59 Å². The molecule has 7 heteroatoms. The lowest BCUT2D eigenvalue weighted by Gasteiger charge is -2.04. The number of anilines is 1. The van der Waals surface area contributed by atoms with Crippen LogP contribution in [0.15, 0.2) is 24.4 Å². The summed E-state index contributed by atoms with van der Waals surface area (Å²) in [5.74, 6) is -0.781. The van der Waals surface area contributed by atoms with Gasteiger partial charge in [-0.25, -0.2) is 9.78 Å². The van der Waals surface area contributed by atoms with E-state index in [0.29, 0.717) is 5.82 Å². The summed E-state index contributed by atoms with van der Waals surface area (Å²) in [4.78, 5) is 25.5. The predicted molar refractivity (Wildman–Crippen MR) is 62.5 cm³/mol. The summed E-state index contributed by atoms with van der Waals surface area (Å²) in [5.41, 5.74) is 5.06. The predicted octanol–water partition coefficient (Wildman–Crippen LogP) is 0.932. The number of primary amides is 1. The molecular weight excluding hydrogens is 246 g/mol. The number of amides is 1. The minimum atomic E-state index is -0.588. The van der Waals surface area contributed by atoms with Crippen LogP contribution in [0, 0.1) is 0 Å². The molecule has 0 aliphatic rings. The number of pyridine rings is 1. The Morgan fingerprint density at radius 1 is 1.53 bits per heavy atom. The Balaban J connectivity index is 2.82. The van der Waals surface area contributed by atoms with Gasteiger partial charge < -0.3 is 15.8 Å². The summed E-state index contributed by atoms with van der Waals surface area (Å²) >= 11 is 5.78. The van der Waals surface area contributed by atoms with Gasteiger partial charge in [0.25, 0.3) is 0 Å². The summed E-state index contributed by atoms with van der Waals surface area (Å²) in [5, 5.41) is 2.68. The van der Waals surface area contributed by atoms with Gasteiger partial charge in [-0.3, -0.25) is 4.79 Å². The molecule has 1 aromatic rings. The Labute approximate surface area is 102 Å². The minimum Gasteiger partial charge on any atom is -0.465 e. The second-order valence-corrected chi connectivity index (χ2v) is 3.26. The molecule has 0 aromatic carbocycles. The van der Waals surface area contributed by atoms with Crippen molar-refractivity contribution in [1.82, 2.24) is 4.98 Å². The lowest BCUT2D eigenvalue weighted by atomic mass is 10.3. The molecule has 17 heavy (non-hydrogen) atoms. The standard InChI is InChI=1S/C10H10ClN3O3/c1-17-10(16)6-2-3-8(14-9(6)11)13-5-4-7(12)15/h2-5H,1H3,(H2,12,15)(H,13,14)/b5-4-. The number of methoxy groups -OCH3 is 1. The Morgan fingerprint density at radius 2 is 2.24 bits per heavy atom. The number of nitrogens with two attached hydrogens (primary N) is 1. The molecule has 0 spiro atoms. The van der Waals surface area contributed by atoms with E-state index in [4.69, 9.17) is 17.3 Å². The van der Waals surface area contributed by atoms with Crippen LogP contribution < -0.4 is 11.1 Å². The number of nitrogens with one attached hydrogen (secondary N) is 1. The number of hydrogen-bond acceptors (Lipinski definition) is 5. The van der Waals surface area contributed by atoms with Crippen LogP contribution in [0.2, 0.25) is 5.15 Å². The van der Waals surface area contributed by atoms with Crippen molar-refractivity contribution in [3.63, 3.8) is 0 Å². The molecule has 0 bridgehead atoms. The van der Waals surface area contributed by atoms with Crippen LogP contribution in [0.4, 0.5) is 5.82 Å². The van der Waals surface area contributed by atoms with Gasteiger partial charge in [-0.2, -0.15) is 0 Å². The quantitative estimate of drug-likeness (QED) is 0.474. The number of aromatic nitrogens is 1. The molecule has 0 saturated heterocycles. The fourth-order valence-corrected chi connectivity index (χ4v) is 1.22. The van der Waals surface area contributed by atoms with E-state index in [-0.39, 0.29) is 10.7 Å². The van der Waals surface area contributed by atoms with Crippen LogP contribution in [0.25, 0.3) is 0 Å². The van der Waals surface area contributed by atoms with Crippen molar-refractivity contribution >= 4 is 29.3 Å². The summed E-state index contributed by atoms with van der Waals surface area (Å²) < 4.78 is 4.51. The molecule has 0 atom stereocenters. The number of nitrogens with zero attached hydrogens (tertiary/aromatic N) is 1. The highest BCUT2D eigenvalue weighted by atomic mass is 35.5. The number of carbonyl (C=O) groups is 2. The van der Waals surface area contributed by atoms with Crippen molar-refractivity contribution in [1.29, 1.82) is 0 Å². The highest BCUT2D eigenvalue weighted by Crippen LogP contribution is 2.17. The smallest absolute Gasteiger partial charge is 0.341 e. The van der Waals surface area contributed by atoms with E-state index in [1.165, 1.54) is 25.4 Å². The molecular formula is C10H10ClN3O3. The molecule has 0 fully saturated rings. The van der Waals surface area contributed by atoms with E-state index in [0.717, 1.165) is 6.08 Å². The SMILES string of the molecule is COC(=O)c1ccc(N/C=C\C(N)=O)nc1Cl. The monoisotopic (exact) mass is 255 g/mol. The first-order chi connectivity index (χ1) is 8.04. The minimum absolute atomic E-state index is 0.00863. The molecule has 3 N–H and O–H groups in total. The Hall–Kier alpha value is -2.08. The number of hydrogen-bond donors (Lipinski definition) is 2. The van der Waals surface area contributed by atoms with Crippen molar-refractivity contribution in [2.45, 2.75) is 0 Å². The van der Waals surface area contributed by atoms with Crippen molar-refractivity contribution in [2.24, 2.45) is 5.73 Å². The average Bonchev–Trinajstić information content (AvgIpc) is 2.28. The highest BCUT2D eigenvalue weighted by Gasteiger charge is 2.11. The molecule has 0 saturated carbocycles. The molecule has 1 heterocycles. The fraction of sp³-hybridized carbons (Fsp3) is 0.100. The first-order valence-corrected chi connectivity index (χ1v) is 4.89. The van der Waals surface area contributed by atoms with Gasteiger partial charge in [-0.15, -0.1) is 0 Å². The van der Waals surface area contributed by atoms with Crippen molar-refractivity contribution in [3.05, 3.63) is 35.1 Å². The first-order valence-electron chi connectivity index (χ1n) is 4.52. The molecule has 6 nitrogen and oxygen atoms in total. The second-order valence-electron chi connectivity index (χ2n) is 2.91. The van der Waals surface area contributed by atoms with Gasteiger partial charge in [0.05, 0.1) is 12.7 Å². The third-order valence-corrected chi connectivity index (χ3v) is 2.02. The maximum Gasteiger partial charge on any atom is 0.341 e. The molecule has 0 unspecified atom stereocenters.